The van der Waals surface area contributed by atoms with E-state index >= 15 is 0 Å². The van der Waals surface area contributed by atoms with E-state index in [0.29, 0.717) is 30.8 Å². The highest BCUT2D eigenvalue weighted by Gasteiger charge is 2.43. The molecule has 1 aromatic rings. The van der Waals surface area contributed by atoms with Gasteiger partial charge in [0, 0.05) is 31.6 Å². The number of carbonyl (C=O) groups is 2. The van der Waals surface area contributed by atoms with E-state index in [9.17, 15) is 18.4 Å². The van der Waals surface area contributed by atoms with E-state index < -0.39 is 18.5 Å². The summed E-state index contributed by atoms with van der Waals surface area (Å²) >= 11 is 0. The average Bonchev–Trinajstić information content (AvgIpc) is 3.25. The lowest BCUT2D eigenvalue weighted by molar-refractivity contribution is -0.133. The number of rotatable bonds is 5. The van der Waals surface area contributed by atoms with Gasteiger partial charge in [-0.25, -0.2) is 8.78 Å². The minimum atomic E-state index is -2.78. The van der Waals surface area contributed by atoms with Crippen molar-refractivity contribution in [1.29, 1.82) is 0 Å². The van der Waals surface area contributed by atoms with Crippen LogP contribution in [0.4, 0.5) is 8.78 Å². The number of alkyl halides is 2. The molecule has 0 aromatic heterocycles. The molecule has 0 unspecified atom stereocenters. The summed E-state index contributed by atoms with van der Waals surface area (Å²) in [6, 6.07) is 6.40. The van der Waals surface area contributed by atoms with Crippen LogP contribution in [0.5, 0.6) is 5.75 Å². The Labute approximate surface area is 150 Å². The van der Waals surface area contributed by atoms with E-state index in [0.717, 1.165) is 0 Å². The quantitative estimate of drug-likeness (QED) is 0.822. The Bertz CT molecular complexity index is 683. The first-order chi connectivity index (χ1) is 12.4. The summed E-state index contributed by atoms with van der Waals surface area (Å²) in [5.41, 5.74) is 0.502. The summed E-state index contributed by atoms with van der Waals surface area (Å²) in [6.45, 7) is 0.588. The first kappa shape index (κ1) is 18.6. The molecular weight excluding hydrogens is 344 g/mol. The van der Waals surface area contributed by atoms with Crippen molar-refractivity contribution in [2.75, 3.05) is 33.3 Å². The zero-order chi connectivity index (χ0) is 18.7. The Morgan fingerprint density at radius 2 is 2.23 bits per heavy atom. The van der Waals surface area contributed by atoms with Gasteiger partial charge in [-0.15, -0.1) is 0 Å². The molecule has 8 heteroatoms. The van der Waals surface area contributed by atoms with Crippen molar-refractivity contribution < 1.29 is 23.1 Å². The van der Waals surface area contributed by atoms with Gasteiger partial charge >= 0.3 is 0 Å². The molecular formula is C18H23F2N3O3. The Balaban J connectivity index is 1.47. The van der Waals surface area contributed by atoms with Crippen LogP contribution in [0.15, 0.2) is 24.3 Å². The van der Waals surface area contributed by atoms with E-state index in [1.54, 1.807) is 24.3 Å². The Morgan fingerprint density at radius 1 is 1.42 bits per heavy atom. The number of halogens is 2. The molecule has 0 aliphatic carbocycles. The smallest absolute Gasteiger partial charge is 0.267 e. The van der Waals surface area contributed by atoms with Gasteiger partial charge in [0.15, 0.2) is 0 Å². The molecule has 0 saturated carbocycles. The van der Waals surface area contributed by atoms with Crippen molar-refractivity contribution in [3.05, 3.63) is 29.8 Å². The third-order valence-electron chi connectivity index (χ3n) is 4.88. The maximum Gasteiger partial charge on any atom is 0.267 e. The summed E-state index contributed by atoms with van der Waals surface area (Å²) in [5.74, 6) is -2.57. The fraction of sp³-hybridized carbons (Fsp3) is 0.556. The van der Waals surface area contributed by atoms with Gasteiger partial charge in [0.25, 0.3) is 11.8 Å². The Morgan fingerprint density at radius 3 is 2.92 bits per heavy atom. The summed E-state index contributed by atoms with van der Waals surface area (Å²) in [6.07, 6.45) is 0.255. The third kappa shape index (κ3) is 4.30. The molecule has 2 fully saturated rings. The zero-order valence-corrected chi connectivity index (χ0v) is 14.6. The maximum atomic E-state index is 13.3. The lowest BCUT2D eigenvalue weighted by Gasteiger charge is -2.20. The van der Waals surface area contributed by atoms with Crippen LogP contribution < -0.4 is 15.4 Å². The number of hydrogen-bond acceptors (Lipinski definition) is 4. The lowest BCUT2D eigenvalue weighted by atomic mass is 10.0. The second-order valence-electron chi connectivity index (χ2n) is 6.87. The second kappa shape index (κ2) is 7.57. The Kier molecular flexibility index (Phi) is 5.41. The van der Waals surface area contributed by atoms with Crippen LogP contribution in [-0.2, 0) is 4.79 Å². The van der Waals surface area contributed by atoms with E-state index in [-0.39, 0.29) is 30.7 Å². The number of benzene rings is 1. The minimum absolute atomic E-state index is 0.0848. The predicted molar refractivity (Wildman–Crippen MR) is 91.4 cm³/mol. The number of likely N-dealkylation sites (tertiary alicyclic amines) is 1. The first-order valence-corrected chi connectivity index (χ1v) is 8.70. The zero-order valence-electron chi connectivity index (χ0n) is 14.6. The highest BCUT2D eigenvalue weighted by Crippen LogP contribution is 2.28. The highest BCUT2D eigenvalue weighted by molar-refractivity contribution is 5.94. The van der Waals surface area contributed by atoms with Gasteiger partial charge in [-0.1, -0.05) is 6.07 Å². The number of nitrogens with zero attached hydrogens (tertiary/aromatic N) is 1. The maximum absolute atomic E-state index is 13.3. The van der Waals surface area contributed by atoms with Gasteiger partial charge in [0.05, 0.1) is 19.7 Å². The summed E-state index contributed by atoms with van der Waals surface area (Å²) in [5, 5.41) is 5.94. The molecule has 2 aliphatic heterocycles. The number of methoxy groups -OCH3 is 1. The lowest BCUT2D eigenvalue weighted by Crippen LogP contribution is -2.43. The highest BCUT2D eigenvalue weighted by atomic mass is 19.3. The van der Waals surface area contributed by atoms with Gasteiger partial charge in [0.2, 0.25) is 5.91 Å². The Hall–Kier alpha value is -2.22. The van der Waals surface area contributed by atoms with Crippen molar-refractivity contribution in [2.24, 2.45) is 5.92 Å². The average molecular weight is 367 g/mol. The van der Waals surface area contributed by atoms with Crippen molar-refractivity contribution in [3.8, 4) is 5.75 Å². The normalized spacial score (nSPS) is 24.5. The topological polar surface area (TPSA) is 70.7 Å². The largest absolute Gasteiger partial charge is 0.497 e. The molecule has 2 aliphatic rings. The molecule has 142 valence electrons. The van der Waals surface area contributed by atoms with Crippen LogP contribution in [-0.4, -0.2) is 62.0 Å². The molecule has 2 N–H and O–H groups in total. The van der Waals surface area contributed by atoms with Crippen LogP contribution in [0.1, 0.15) is 23.2 Å². The molecule has 2 atom stereocenters. The van der Waals surface area contributed by atoms with E-state index in [1.165, 1.54) is 12.0 Å². The van der Waals surface area contributed by atoms with Crippen LogP contribution in [0.2, 0.25) is 0 Å². The van der Waals surface area contributed by atoms with E-state index in [4.69, 9.17) is 4.74 Å². The van der Waals surface area contributed by atoms with Crippen molar-refractivity contribution >= 4 is 11.8 Å². The van der Waals surface area contributed by atoms with Gasteiger partial charge in [-0.05, 0) is 30.5 Å². The fourth-order valence-electron chi connectivity index (χ4n) is 3.40. The fourth-order valence-corrected chi connectivity index (χ4v) is 3.40. The van der Waals surface area contributed by atoms with E-state index in [2.05, 4.69) is 10.6 Å². The van der Waals surface area contributed by atoms with Crippen LogP contribution >= 0.6 is 0 Å². The molecule has 1 aromatic carbocycles. The number of carbonyl (C=O) groups excluding carboxylic acids is 2. The van der Waals surface area contributed by atoms with Crippen molar-refractivity contribution in [3.63, 3.8) is 0 Å². The number of nitrogens with one attached hydrogen (secondary N) is 2. The molecule has 0 bridgehead atoms. The molecule has 2 amide bonds. The molecule has 2 saturated heterocycles. The molecule has 6 nitrogen and oxygen atoms in total. The predicted octanol–water partition coefficient (Wildman–Crippen LogP) is 1.27. The van der Waals surface area contributed by atoms with Gasteiger partial charge in [-0.3, -0.25) is 9.59 Å². The number of amides is 2. The van der Waals surface area contributed by atoms with Gasteiger partial charge < -0.3 is 20.3 Å². The van der Waals surface area contributed by atoms with Crippen LogP contribution in [0.3, 0.4) is 0 Å². The van der Waals surface area contributed by atoms with Crippen LogP contribution in [0, 0.1) is 5.92 Å². The number of hydrogen-bond donors (Lipinski definition) is 2. The summed E-state index contributed by atoms with van der Waals surface area (Å²) in [7, 11) is 1.54. The molecule has 3 rings (SSSR count). The monoisotopic (exact) mass is 367 g/mol. The first-order valence-electron chi connectivity index (χ1n) is 8.70. The summed E-state index contributed by atoms with van der Waals surface area (Å²) < 4.78 is 31.6. The third-order valence-corrected chi connectivity index (χ3v) is 4.88. The molecule has 0 spiro atoms. The summed E-state index contributed by atoms with van der Waals surface area (Å²) in [4.78, 5) is 25.8. The van der Waals surface area contributed by atoms with E-state index in [1.807, 2.05) is 0 Å². The second-order valence-corrected chi connectivity index (χ2v) is 6.87. The SMILES string of the molecule is COc1cccc(C(=O)NC[C@@H]2CN[C@H](C(=O)N3CCC(F)(F)C3)C2)c1. The molecule has 2 heterocycles. The number of ether oxygens (including phenoxy) is 1. The van der Waals surface area contributed by atoms with Crippen LogP contribution in [0.25, 0.3) is 0 Å². The van der Waals surface area contributed by atoms with Crippen molar-refractivity contribution in [1.82, 2.24) is 15.5 Å². The molecule has 0 radical (unpaired) electrons. The van der Waals surface area contributed by atoms with Crippen molar-refractivity contribution in [2.45, 2.75) is 24.8 Å². The molecule has 26 heavy (non-hydrogen) atoms. The minimum Gasteiger partial charge on any atom is -0.497 e. The van der Waals surface area contributed by atoms with Gasteiger partial charge in [0.1, 0.15) is 5.75 Å². The van der Waals surface area contributed by atoms with Gasteiger partial charge in [-0.2, -0.15) is 0 Å². The standard InChI is InChI=1S/C18H23F2N3O3/c1-26-14-4-2-3-13(8-14)16(24)22-10-12-7-15(21-9-12)17(25)23-6-5-18(19,20)11-23/h2-4,8,12,15,21H,5-7,9-11H2,1H3,(H,22,24)/t12-,15-/m0/s1.